The summed E-state index contributed by atoms with van der Waals surface area (Å²) in [5, 5.41) is 1.94. The smallest absolute Gasteiger partial charge is 0.222 e. The van der Waals surface area contributed by atoms with Gasteiger partial charge in [-0.3, -0.25) is 0 Å². The molecule has 0 amide bonds. The summed E-state index contributed by atoms with van der Waals surface area (Å²) < 4.78 is 0.948. The molecular formula is C11H7BrN4. The second kappa shape index (κ2) is 3.38. The van der Waals surface area contributed by atoms with Crippen LogP contribution in [0.25, 0.3) is 21.9 Å². The topological polar surface area (TPSA) is 64.7 Å². The maximum Gasteiger partial charge on any atom is 0.222 e. The summed E-state index contributed by atoms with van der Waals surface area (Å²) in [6.07, 6.45) is 1.69. The third-order valence-electron chi connectivity index (χ3n) is 2.36. The monoisotopic (exact) mass is 274 g/mol. The van der Waals surface area contributed by atoms with Gasteiger partial charge in [0.2, 0.25) is 5.95 Å². The number of aromatic nitrogens is 3. The average molecular weight is 275 g/mol. The van der Waals surface area contributed by atoms with Gasteiger partial charge in [0.25, 0.3) is 0 Å². The summed E-state index contributed by atoms with van der Waals surface area (Å²) >= 11 is 3.46. The van der Waals surface area contributed by atoms with E-state index >= 15 is 0 Å². The first-order valence-corrected chi connectivity index (χ1v) is 5.51. The molecular weight excluding hydrogens is 268 g/mol. The molecule has 0 aliphatic rings. The van der Waals surface area contributed by atoms with E-state index in [0.717, 1.165) is 20.8 Å². The largest absolute Gasteiger partial charge is 0.368 e. The number of halogens is 1. The third kappa shape index (κ3) is 1.40. The van der Waals surface area contributed by atoms with E-state index in [9.17, 15) is 0 Å². The number of nitrogens with two attached hydrogens (primary N) is 1. The van der Waals surface area contributed by atoms with Crippen LogP contribution in [0.3, 0.4) is 0 Å². The number of rotatable bonds is 0. The van der Waals surface area contributed by atoms with Gasteiger partial charge in [-0.1, -0.05) is 12.1 Å². The molecule has 16 heavy (non-hydrogen) atoms. The third-order valence-corrected chi connectivity index (χ3v) is 3.00. The minimum atomic E-state index is 0.242. The second-order valence-corrected chi connectivity index (χ2v) is 4.30. The van der Waals surface area contributed by atoms with Crippen molar-refractivity contribution in [1.29, 1.82) is 0 Å². The molecule has 2 N–H and O–H groups in total. The van der Waals surface area contributed by atoms with Crippen molar-refractivity contribution in [3.63, 3.8) is 0 Å². The van der Waals surface area contributed by atoms with Crippen molar-refractivity contribution in [2.45, 2.75) is 0 Å². The number of nitrogen functional groups attached to an aromatic ring is 1. The SMILES string of the molecule is Nc1ncc2cc3cccc(Br)c3nc2n1. The maximum atomic E-state index is 5.53. The van der Waals surface area contributed by atoms with E-state index in [-0.39, 0.29) is 5.95 Å². The number of nitrogens with zero attached hydrogens (tertiary/aromatic N) is 3. The Kier molecular flexibility index (Phi) is 2.00. The van der Waals surface area contributed by atoms with Crippen LogP contribution in [-0.4, -0.2) is 15.0 Å². The van der Waals surface area contributed by atoms with E-state index in [1.54, 1.807) is 6.20 Å². The zero-order valence-corrected chi connectivity index (χ0v) is 9.77. The fraction of sp³-hybridized carbons (Fsp3) is 0. The molecule has 1 aromatic carbocycles. The molecule has 0 saturated heterocycles. The molecule has 3 rings (SSSR count). The molecule has 0 bridgehead atoms. The standard InChI is InChI=1S/C11H7BrN4/c12-8-3-1-2-6-4-7-5-14-11(13)16-10(7)15-9(6)8/h1-5H,(H2,13,14,15,16). The Hall–Kier alpha value is -1.75. The molecule has 0 aliphatic carbocycles. The first-order chi connectivity index (χ1) is 7.74. The average Bonchev–Trinajstić information content (AvgIpc) is 2.28. The Morgan fingerprint density at radius 3 is 2.88 bits per heavy atom. The van der Waals surface area contributed by atoms with Crippen molar-refractivity contribution in [1.82, 2.24) is 15.0 Å². The molecule has 2 heterocycles. The van der Waals surface area contributed by atoms with Crippen LogP contribution in [0.4, 0.5) is 5.95 Å². The van der Waals surface area contributed by atoms with Gasteiger partial charge in [0, 0.05) is 21.4 Å². The predicted molar refractivity (Wildman–Crippen MR) is 67.0 cm³/mol. The van der Waals surface area contributed by atoms with Gasteiger partial charge in [0.1, 0.15) is 0 Å². The summed E-state index contributed by atoms with van der Waals surface area (Å²) in [5.74, 6) is 0.242. The minimum absolute atomic E-state index is 0.242. The quantitative estimate of drug-likeness (QED) is 0.640. The molecule has 2 aromatic heterocycles. The fourth-order valence-electron chi connectivity index (χ4n) is 1.63. The molecule has 0 atom stereocenters. The van der Waals surface area contributed by atoms with Gasteiger partial charge in [-0.15, -0.1) is 0 Å². The van der Waals surface area contributed by atoms with Crippen LogP contribution in [-0.2, 0) is 0 Å². The van der Waals surface area contributed by atoms with Gasteiger partial charge in [-0.25, -0.2) is 9.97 Å². The summed E-state index contributed by atoms with van der Waals surface area (Å²) in [6, 6.07) is 7.93. The number of anilines is 1. The van der Waals surface area contributed by atoms with E-state index in [2.05, 4.69) is 30.9 Å². The summed E-state index contributed by atoms with van der Waals surface area (Å²) in [4.78, 5) is 12.5. The van der Waals surface area contributed by atoms with Gasteiger partial charge in [0.05, 0.1) is 5.52 Å². The van der Waals surface area contributed by atoms with E-state index < -0.39 is 0 Å². The Bertz CT molecular complexity index is 696. The normalized spacial score (nSPS) is 11.1. The van der Waals surface area contributed by atoms with Crippen LogP contribution in [0.2, 0.25) is 0 Å². The highest BCUT2D eigenvalue weighted by Crippen LogP contribution is 2.24. The van der Waals surface area contributed by atoms with Gasteiger partial charge in [-0.2, -0.15) is 4.98 Å². The highest BCUT2D eigenvalue weighted by Gasteiger charge is 2.04. The predicted octanol–water partition coefficient (Wildman–Crippen LogP) is 2.52. The molecule has 4 nitrogen and oxygen atoms in total. The molecule has 0 radical (unpaired) electrons. The fourth-order valence-corrected chi connectivity index (χ4v) is 2.10. The van der Waals surface area contributed by atoms with Gasteiger partial charge in [0.15, 0.2) is 5.65 Å². The van der Waals surface area contributed by atoms with Crippen molar-refractivity contribution < 1.29 is 0 Å². The van der Waals surface area contributed by atoms with Crippen LogP contribution in [0.5, 0.6) is 0 Å². The number of para-hydroxylation sites is 1. The lowest BCUT2D eigenvalue weighted by Gasteiger charge is -2.02. The molecule has 3 aromatic rings. The lowest BCUT2D eigenvalue weighted by atomic mass is 10.2. The van der Waals surface area contributed by atoms with Crippen molar-refractivity contribution >= 4 is 43.8 Å². The Labute approximate surface area is 99.7 Å². The van der Waals surface area contributed by atoms with Gasteiger partial charge < -0.3 is 5.73 Å². The Balaban J connectivity index is 2.49. The zero-order valence-electron chi connectivity index (χ0n) is 8.18. The van der Waals surface area contributed by atoms with Crippen LogP contribution >= 0.6 is 15.9 Å². The highest BCUT2D eigenvalue weighted by molar-refractivity contribution is 9.10. The van der Waals surface area contributed by atoms with E-state index in [1.165, 1.54) is 0 Å². The molecule has 0 unspecified atom stereocenters. The molecule has 78 valence electrons. The number of pyridine rings is 1. The minimum Gasteiger partial charge on any atom is -0.368 e. The lowest BCUT2D eigenvalue weighted by molar-refractivity contribution is 1.21. The molecule has 5 heteroatoms. The zero-order chi connectivity index (χ0) is 11.1. The molecule has 0 spiro atoms. The first kappa shape index (κ1) is 9.47. The molecule has 0 aliphatic heterocycles. The maximum absolute atomic E-state index is 5.53. The van der Waals surface area contributed by atoms with Crippen LogP contribution in [0, 0.1) is 0 Å². The van der Waals surface area contributed by atoms with Crippen molar-refractivity contribution in [2.24, 2.45) is 0 Å². The van der Waals surface area contributed by atoms with Crippen LogP contribution < -0.4 is 5.73 Å². The molecule has 0 fully saturated rings. The van der Waals surface area contributed by atoms with Gasteiger partial charge >= 0.3 is 0 Å². The Morgan fingerprint density at radius 1 is 1.12 bits per heavy atom. The van der Waals surface area contributed by atoms with E-state index in [1.807, 2.05) is 24.3 Å². The second-order valence-electron chi connectivity index (χ2n) is 3.44. The first-order valence-electron chi connectivity index (χ1n) is 4.71. The van der Waals surface area contributed by atoms with Crippen molar-refractivity contribution in [3.05, 3.63) is 34.9 Å². The Morgan fingerprint density at radius 2 is 2.00 bits per heavy atom. The highest BCUT2D eigenvalue weighted by atomic mass is 79.9. The number of benzene rings is 1. The van der Waals surface area contributed by atoms with Crippen LogP contribution in [0.15, 0.2) is 34.9 Å². The van der Waals surface area contributed by atoms with E-state index in [4.69, 9.17) is 5.73 Å². The number of hydrogen-bond donors (Lipinski definition) is 1. The van der Waals surface area contributed by atoms with Crippen molar-refractivity contribution in [3.8, 4) is 0 Å². The summed E-state index contributed by atoms with van der Waals surface area (Å²) in [7, 11) is 0. The molecule has 0 saturated carbocycles. The van der Waals surface area contributed by atoms with E-state index in [0.29, 0.717) is 5.65 Å². The van der Waals surface area contributed by atoms with Crippen LogP contribution in [0.1, 0.15) is 0 Å². The lowest BCUT2D eigenvalue weighted by Crippen LogP contribution is -1.96. The van der Waals surface area contributed by atoms with Gasteiger partial charge in [-0.05, 0) is 28.1 Å². The summed E-state index contributed by atoms with van der Waals surface area (Å²) in [5.41, 5.74) is 7.03. The van der Waals surface area contributed by atoms with Crippen molar-refractivity contribution in [2.75, 3.05) is 5.73 Å². The summed E-state index contributed by atoms with van der Waals surface area (Å²) in [6.45, 7) is 0. The number of fused-ring (bicyclic) bond motifs is 2. The number of hydrogen-bond acceptors (Lipinski definition) is 4.